The zero-order chi connectivity index (χ0) is 17.8. The Kier molecular flexibility index (Phi) is 5.16. The first-order valence-corrected chi connectivity index (χ1v) is 9.56. The molecule has 3 heterocycles. The average Bonchev–Trinajstić information content (AvgIpc) is 3.42. The summed E-state index contributed by atoms with van der Waals surface area (Å²) in [7, 11) is 0. The maximum Gasteiger partial charge on any atom is 0.158 e. The van der Waals surface area contributed by atoms with Crippen LogP contribution in [0.25, 0.3) is 22.8 Å². The van der Waals surface area contributed by atoms with Gasteiger partial charge in [-0.2, -0.15) is 0 Å². The third-order valence-corrected chi connectivity index (χ3v) is 5.19. The van der Waals surface area contributed by atoms with Crippen molar-refractivity contribution in [3.63, 3.8) is 0 Å². The van der Waals surface area contributed by atoms with Gasteiger partial charge in [-0.05, 0) is 32.1 Å². The van der Waals surface area contributed by atoms with Gasteiger partial charge >= 0.3 is 0 Å². The molecule has 1 aliphatic heterocycles. The van der Waals surface area contributed by atoms with E-state index in [2.05, 4.69) is 45.3 Å². The molecule has 0 bridgehead atoms. The molecule has 5 nitrogen and oxygen atoms in total. The summed E-state index contributed by atoms with van der Waals surface area (Å²) >= 11 is 0. The molecule has 0 unspecified atom stereocenters. The van der Waals surface area contributed by atoms with Gasteiger partial charge in [0.1, 0.15) is 5.69 Å². The quantitative estimate of drug-likeness (QED) is 0.640. The Morgan fingerprint density at radius 3 is 2.81 bits per heavy atom. The lowest BCUT2D eigenvalue weighted by molar-refractivity contribution is 0.183. The lowest BCUT2D eigenvalue weighted by atomic mass is 10.0. The first kappa shape index (κ1) is 17.0. The first-order valence-electron chi connectivity index (χ1n) is 9.56. The second-order valence-electron chi connectivity index (χ2n) is 6.91. The van der Waals surface area contributed by atoms with Crippen LogP contribution in [-0.2, 0) is 17.8 Å². The molecule has 26 heavy (non-hydrogen) atoms. The van der Waals surface area contributed by atoms with E-state index in [1.54, 1.807) is 0 Å². The normalized spacial score (nSPS) is 17.0. The number of nitrogens with zero attached hydrogens (tertiary/aromatic N) is 4. The number of ether oxygens (including phenoxy) is 1. The highest BCUT2D eigenvalue weighted by molar-refractivity contribution is 5.75. The molecule has 1 saturated heterocycles. The molecule has 5 heteroatoms. The van der Waals surface area contributed by atoms with Crippen LogP contribution in [0.3, 0.4) is 0 Å². The molecule has 0 aliphatic carbocycles. The fourth-order valence-corrected chi connectivity index (χ4v) is 3.74. The van der Waals surface area contributed by atoms with Gasteiger partial charge in [-0.1, -0.05) is 30.3 Å². The summed E-state index contributed by atoms with van der Waals surface area (Å²) in [5.74, 6) is 1.71. The van der Waals surface area contributed by atoms with E-state index in [1.807, 2.05) is 24.8 Å². The molecule has 0 N–H and O–H groups in total. The van der Waals surface area contributed by atoms with E-state index in [0.29, 0.717) is 5.92 Å². The van der Waals surface area contributed by atoms with Crippen LogP contribution < -0.4 is 0 Å². The van der Waals surface area contributed by atoms with Crippen LogP contribution in [0.5, 0.6) is 0 Å². The van der Waals surface area contributed by atoms with Gasteiger partial charge in [0.2, 0.25) is 0 Å². The molecule has 0 spiro atoms. The van der Waals surface area contributed by atoms with E-state index in [4.69, 9.17) is 9.72 Å². The molecule has 1 aromatic carbocycles. The lowest BCUT2D eigenvalue weighted by Gasteiger charge is -2.13. The second-order valence-corrected chi connectivity index (χ2v) is 6.91. The van der Waals surface area contributed by atoms with Gasteiger partial charge in [0.05, 0.1) is 12.0 Å². The molecule has 1 atom stereocenters. The first-order chi connectivity index (χ1) is 12.9. The van der Waals surface area contributed by atoms with Crippen molar-refractivity contribution >= 4 is 0 Å². The van der Waals surface area contributed by atoms with Crippen LogP contribution in [0.1, 0.15) is 26.2 Å². The fraction of sp³-hybridized carbons (Fsp3) is 0.429. The van der Waals surface area contributed by atoms with Crippen LogP contribution in [-0.4, -0.2) is 32.3 Å². The van der Waals surface area contributed by atoms with Crippen molar-refractivity contribution in [1.82, 2.24) is 19.1 Å². The number of imidazole rings is 2. The van der Waals surface area contributed by atoms with Crippen LogP contribution in [0.4, 0.5) is 0 Å². The van der Waals surface area contributed by atoms with Crippen LogP contribution >= 0.6 is 0 Å². The van der Waals surface area contributed by atoms with Crippen molar-refractivity contribution in [2.75, 3.05) is 13.2 Å². The number of hydrogen-bond donors (Lipinski definition) is 0. The third-order valence-electron chi connectivity index (χ3n) is 5.19. The predicted octanol–water partition coefficient (Wildman–Crippen LogP) is 4.25. The summed E-state index contributed by atoms with van der Waals surface area (Å²) in [6.45, 7) is 5.85. The number of aromatic nitrogens is 4. The van der Waals surface area contributed by atoms with E-state index in [-0.39, 0.29) is 0 Å². The van der Waals surface area contributed by atoms with Crippen LogP contribution in [0.2, 0.25) is 0 Å². The molecule has 1 fully saturated rings. The van der Waals surface area contributed by atoms with Crippen molar-refractivity contribution in [1.29, 1.82) is 0 Å². The van der Waals surface area contributed by atoms with E-state index >= 15 is 0 Å². The van der Waals surface area contributed by atoms with Crippen LogP contribution in [0, 0.1) is 5.92 Å². The summed E-state index contributed by atoms with van der Waals surface area (Å²) < 4.78 is 9.96. The summed E-state index contributed by atoms with van der Waals surface area (Å²) in [4.78, 5) is 9.40. The Labute approximate surface area is 154 Å². The smallest absolute Gasteiger partial charge is 0.158 e. The minimum Gasteiger partial charge on any atom is -0.381 e. The molecule has 3 aromatic rings. The Hall–Kier alpha value is -2.40. The summed E-state index contributed by atoms with van der Waals surface area (Å²) in [5, 5.41) is 0. The van der Waals surface area contributed by atoms with E-state index in [9.17, 15) is 0 Å². The molecule has 136 valence electrons. The summed E-state index contributed by atoms with van der Waals surface area (Å²) in [6.07, 6.45) is 9.43. The van der Waals surface area contributed by atoms with Gasteiger partial charge < -0.3 is 13.9 Å². The number of benzene rings is 1. The Balaban J connectivity index is 1.64. The highest BCUT2D eigenvalue weighted by atomic mass is 16.5. The monoisotopic (exact) mass is 350 g/mol. The predicted molar refractivity (Wildman–Crippen MR) is 103 cm³/mol. The fourth-order valence-electron chi connectivity index (χ4n) is 3.74. The van der Waals surface area contributed by atoms with Crippen molar-refractivity contribution in [2.45, 2.75) is 39.3 Å². The van der Waals surface area contributed by atoms with E-state index in [0.717, 1.165) is 55.5 Å². The lowest BCUT2D eigenvalue weighted by Crippen LogP contribution is -2.07. The molecule has 0 radical (unpaired) electrons. The zero-order valence-corrected chi connectivity index (χ0v) is 15.3. The van der Waals surface area contributed by atoms with Crippen molar-refractivity contribution in [3.05, 3.63) is 49.1 Å². The number of aryl methyl sites for hydroxylation is 2. The van der Waals surface area contributed by atoms with Gasteiger partial charge in [0, 0.05) is 44.3 Å². The van der Waals surface area contributed by atoms with Crippen molar-refractivity contribution in [2.24, 2.45) is 5.92 Å². The summed E-state index contributed by atoms with van der Waals surface area (Å²) in [5.41, 5.74) is 3.26. The molecular formula is C21H26N4O. The molecule has 1 aliphatic rings. The zero-order valence-electron chi connectivity index (χ0n) is 15.3. The standard InChI is InChI=1S/C21H26N4O/c1-2-24-13-11-22-21(24)20-19(18-8-4-3-5-9-18)23-16-25(20)12-6-7-17-10-14-26-15-17/h3-5,8-9,11,13,16-17H,2,6-7,10,12,14-15H2,1H3/t17-/m1/s1. The highest BCUT2D eigenvalue weighted by Crippen LogP contribution is 2.31. The van der Waals surface area contributed by atoms with Gasteiger partial charge in [-0.15, -0.1) is 0 Å². The molecular weight excluding hydrogens is 324 g/mol. The summed E-state index contributed by atoms with van der Waals surface area (Å²) in [6, 6.07) is 10.4. The Morgan fingerprint density at radius 2 is 2.04 bits per heavy atom. The second kappa shape index (κ2) is 7.87. The molecule has 0 saturated carbocycles. The van der Waals surface area contributed by atoms with Gasteiger partial charge in [0.25, 0.3) is 0 Å². The maximum absolute atomic E-state index is 5.50. The molecule has 4 rings (SSSR count). The number of hydrogen-bond acceptors (Lipinski definition) is 3. The average molecular weight is 350 g/mol. The van der Waals surface area contributed by atoms with Crippen molar-refractivity contribution in [3.8, 4) is 22.8 Å². The van der Waals surface area contributed by atoms with Gasteiger partial charge in [-0.3, -0.25) is 0 Å². The molecule has 0 amide bonds. The number of rotatable bonds is 7. The van der Waals surface area contributed by atoms with E-state index < -0.39 is 0 Å². The Bertz CT molecular complexity index is 831. The van der Waals surface area contributed by atoms with Gasteiger partial charge in [-0.25, -0.2) is 9.97 Å². The van der Waals surface area contributed by atoms with Crippen molar-refractivity contribution < 1.29 is 4.74 Å². The highest BCUT2D eigenvalue weighted by Gasteiger charge is 2.20. The van der Waals surface area contributed by atoms with E-state index in [1.165, 1.54) is 12.8 Å². The van der Waals surface area contributed by atoms with Crippen LogP contribution in [0.15, 0.2) is 49.1 Å². The Morgan fingerprint density at radius 1 is 1.15 bits per heavy atom. The maximum atomic E-state index is 5.50. The minimum atomic E-state index is 0.716. The topological polar surface area (TPSA) is 44.9 Å². The SMILES string of the molecule is CCn1ccnc1-c1c(-c2ccccc2)ncn1CCC[C@@H]1CCOC1. The third kappa shape index (κ3) is 3.44. The largest absolute Gasteiger partial charge is 0.381 e. The minimum absolute atomic E-state index is 0.716. The van der Waals surface area contributed by atoms with Gasteiger partial charge in [0.15, 0.2) is 5.82 Å². The molecule has 2 aromatic heterocycles.